The summed E-state index contributed by atoms with van der Waals surface area (Å²) in [6.45, 7) is 4.08. The fourth-order valence-electron chi connectivity index (χ4n) is 1.86. The first-order chi connectivity index (χ1) is 10.5. The fourth-order valence-corrected chi connectivity index (χ4v) is 2.67. The van der Waals surface area contributed by atoms with Crippen molar-refractivity contribution in [3.05, 3.63) is 45.9 Å². The number of hydrogen-bond acceptors (Lipinski definition) is 4. The van der Waals surface area contributed by atoms with Crippen LogP contribution in [0.5, 0.6) is 0 Å². The zero-order valence-electron chi connectivity index (χ0n) is 12.5. The van der Waals surface area contributed by atoms with Gasteiger partial charge in [-0.1, -0.05) is 26.0 Å². The lowest BCUT2D eigenvalue weighted by molar-refractivity contribution is -0.136. The average molecular weight is 318 g/mol. The predicted octanol–water partition coefficient (Wildman–Crippen LogP) is 3.54. The Labute approximate surface area is 133 Å². The van der Waals surface area contributed by atoms with Crippen LogP contribution in [-0.2, 0) is 11.2 Å². The number of carboxylic acid groups (broad SMARTS) is 1. The number of carboxylic acids is 1. The number of nitrogens with zero attached hydrogens (tertiary/aromatic N) is 1. The van der Waals surface area contributed by atoms with Gasteiger partial charge in [-0.3, -0.25) is 9.59 Å². The van der Waals surface area contributed by atoms with E-state index in [1.807, 2.05) is 26.0 Å². The third kappa shape index (κ3) is 4.39. The first kappa shape index (κ1) is 16.2. The fraction of sp³-hybridized carbons (Fsp3) is 0.312. The van der Waals surface area contributed by atoms with Gasteiger partial charge in [-0.15, -0.1) is 11.3 Å². The van der Waals surface area contributed by atoms with Gasteiger partial charge >= 0.3 is 5.97 Å². The minimum absolute atomic E-state index is 0.102. The highest BCUT2D eigenvalue weighted by Crippen LogP contribution is 2.22. The Hall–Kier alpha value is -2.21. The molecule has 2 N–H and O–H groups in total. The van der Waals surface area contributed by atoms with Crippen molar-refractivity contribution in [1.29, 1.82) is 0 Å². The van der Waals surface area contributed by atoms with Gasteiger partial charge in [0.1, 0.15) is 4.88 Å². The number of amides is 1. The van der Waals surface area contributed by atoms with E-state index in [2.05, 4.69) is 10.3 Å². The third-order valence-corrected chi connectivity index (χ3v) is 4.38. The number of carbonyl (C=O) groups excluding carboxylic acids is 1. The standard InChI is InChI=1S/C16H18N2O3S/c1-10(2)16-17-9-13(22-16)15(21)18-12-6-3-11(4-7-12)5-8-14(19)20/h3-4,6-7,9-10H,5,8H2,1-2H3,(H,18,21)(H,19,20). The van der Waals surface area contributed by atoms with Crippen molar-refractivity contribution < 1.29 is 14.7 Å². The molecule has 0 aliphatic heterocycles. The van der Waals surface area contributed by atoms with Crippen LogP contribution in [0.3, 0.4) is 0 Å². The van der Waals surface area contributed by atoms with Crippen LogP contribution < -0.4 is 5.32 Å². The van der Waals surface area contributed by atoms with E-state index >= 15 is 0 Å². The average Bonchev–Trinajstić information content (AvgIpc) is 2.96. The highest BCUT2D eigenvalue weighted by atomic mass is 32.1. The van der Waals surface area contributed by atoms with Crippen LogP contribution in [-0.4, -0.2) is 22.0 Å². The summed E-state index contributed by atoms with van der Waals surface area (Å²) >= 11 is 1.39. The number of aryl methyl sites for hydroxylation is 1. The van der Waals surface area contributed by atoms with Crippen LogP contribution in [0, 0.1) is 0 Å². The zero-order valence-corrected chi connectivity index (χ0v) is 13.3. The topological polar surface area (TPSA) is 79.3 Å². The summed E-state index contributed by atoms with van der Waals surface area (Å²) in [6, 6.07) is 7.20. The molecule has 0 fully saturated rings. The van der Waals surface area contributed by atoms with Crippen LogP contribution in [0.2, 0.25) is 0 Å². The molecule has 116 valence electrons. The second-order valence-electron chi connectivity index (χ2n) is 5.26. The van der Waals surface area contributed by atoms with Crippen LogP contribution in [0.1, 0.15) is 46.4 Å². The summed E-state index contributed by atoms with van der Waals surface area (Å²) < 4.78 is 0. The number of anilines is 1. The molecule has 0 saturated carbocycles. The monoisotopic (exact) mass is 318 g/mol. The summed E-state index contributed by atoms with van der Waals surface area (Å²) in [4.78, 5) is 27.5. The molecule has 0 unspecified atom stereocenters. The minimum Gasteiger partial charge on any atom is -0.481 e. The van der Waals surface area contributed by atoms with Crippen LogP contribution in [0.15, 0.2) is 30.5 Å². The summed E-state index contributed by atoms with van der Waals surface area (Å²) in [6.07, 6.45) is 2.18. The van der Waals surface area contributed by atoms with Gasteiger partial charge in [0.05, 0.1) is 11.2 Å². The lowest BCUT2D eigenvalue weighted by atomic mass is 10.1. The van der Waals surface area contributed by atoms with Gasteiger partial charge < -0.3 is 10.4 Å². The van der Waals surface area contributed by atoms with Crippen LogP contribution in [0.25, 0.3) is 0 Å². The van der Waals surface area contributed by atoms with E-state index in [4.69, 9.17) is 5.11 Å². The number of hydrogen-bond donors (Lipinski definition) is 2. The highest BCUT2D eigenvalue weighted by Gasteiger charge is 2.12. The van der Waals surface area contributed by atoms with E-state index in [9.17, 15) is 9.59 Å². The zero-order chi connectivity index (χ0) is 16.1. The molecule has 22 heavy (non-hydrogen) atoms. The quantitative estimate of drug-likeness (QED) is 0.854. The van der Waals surface area contributed by atoms with Gasteiger partial charge in [-0.25, -0.2) is 4.98 Å². The first-order valence-electron chi connectivity index (χ1n) is 7.03. The lowest BCUT2D eigenvalue weighted by Gasteiger charge is -2.05. The summed E-state index contributed by atoms with van der Waals surface area (Å²) in [5.74, 6) is -0.689. The first-order valence-corrected chi connectivity index (χ1v) is 7.85. The number of aromatic nitrogens is 1. The van der Waals surface area contributed by atoms with E-state index in [-0.39, 0.29) is 12.3 Å². The van der Waals surface area contributed by atoms with Crippen molar-refractivity contribution in [3.8, 4) is 0 Å². The normalized spacial score (nSPS) is 10.7. The summed E-state index contributed by atoms with van der Waals surface area (Å²) in [7, 11) is 0. The number of nitrogens with one attached hydrogen (secondary N) is 1. The van der Waals surface area contributed by atoms with E-state index in [0.29, 0.717) is 22.9 Å². The second-order valence-corrected chi connectivity index (χ2v) is 6.32. The SMILES string of the molecule is CC(C)c1ncc(C(=O)Nc2ccc(CCC(=O)O)cc2)s1. The number of carbonyl (C=O) groups is 2. The Morgan fingerprint density at radius 1 is 1.27 bits per heavy atom. The molecule has 1 aromatic carbocycles. The van der Waals surface area contributed by atoms with Crippen molar-refractivity contribution in [3.63, 3.8) is 0 Å². The Kier molecular flexibility index (Phi) is 5.27. The van der Waals surface area contributed by atoms with Gasteiger partial charge in [0.15, 0.2) is 0 Å². The van der Waals surface area contributed by atoms with E-state index in [1.54, 1.807) is 18.3 Å². The van der Waals surface area contributed by atoms with Crippen molar-refractivity contribution >= 4 is 28.9 Å². The Morgan fingerprint density at radius 3 is 2.50 bits per heavy atom. The van der Waals surface area contributed by atoms with Crippen LogP contribution >= 0.6 is 11.3 Å². The number of rotatable bonds is 6. The maximum atomic E-state index is 12.1. The lowest BCUT2D eigenvalue weighted by Crippen LogP contribution is -2.10. The van der Waals surface area contributed by atoms with E-state index in [1.165, 1.54) is 11.3 Å². The molecule has 1 amide bonds. The molecule has 0 radical (unpaired) electrons. The van der Waals surface area contributed by atoms with Gasteiger partial charge in [-0.05, 0) is 24.1 Å². The maximum Gasteiger partial charge on any atom is 0.303 e. The number of thiazole rings is 1. The summed E-state index contributed by atoms with van der Waals surface area (Å²) in [5.41, 5.74) is 1.61. The Morgan fingerprint density at radius 2 is 1.95 bits per heavy atom. The molecule has 0 aliphatic rings. The molecule has 0 spiro atoms. The molecule has 0 saturated heterocycles. The molecule has 1 aromatic heterocycles. The molecule has 1 heterocycles. The van der Waals surface area contributed by atoms with Crippen molar-refractivity contribution in [2.75, 3.05) is 5.32 Å². The van der Waals surface area contributed by atoms with Gasteiger partial charge in [0.2, 0.25) is 0 Å². The largest absolute Gasteiger partial charge is 0.481 e. The van der Waals surface area contributed by atoms with Crippen molar-refractivity contribution in [2.24, 2.45) is 0 Å². The molecule has 2 rings (SSSR count). The Balaban J connectivity index is 1.97. The van der Waals surface area contributed by atoms with E-state index < -0.39 is 5.97 Å². The van der Waals surface area contributed by atoms with E-state index in [0.717, 1.165) is 10.6 Å². The predicted molar refractivity (Wildman–Crippen MR) is 86.6 cm³/mol. The van der Waals surface area contributed by atoms with Crippen LogP contribution in [0.4, 0.5) is 5.69 Å². The molecule has 0 aliphatic carbocycles. The molecule has 2 aromatic rings. The van der Waals surface area contributed by atoms with Gasteiger partial charge in [-0.2, -0.15) is 0 Å². The molecule has 0 atom stereocenters. The molecule has 0 bridgehead atoms. The second kappa shape index (κ2) is 7.17. The number of aliphatic carboxylic acids is 1. The van der Waals surface area contributed by atoms with Gasteiger partial charge in [0, 0.05) is 18.0 Å². The summed E-state index contributed by atoms with van der Waals surface area (Å²) in [5, 5.41) is 12.4. The molecule has 6 heteroatoms. The minimum atomic E-state index is -0.816. The van der Waals surface area contributed by atoms with Crippen molar-refractivity contribution in [2.45, 2.75) is 32.6 Å². The third-order valence-electron chi connectivity index (χ3n) is 3.08. The van der Waals surface area contributed by atoms with Gasteiger partial charge in [0.25, 0.3) is 5.91 Å². The smallest absolute Gasteiger partial charge is 0.303 e. The molecular formula is C16H18N2O3S. The van der Waals surface area contributed by atoms with Crippen molar-refractivity contribution in [1.82, 2.24) is 4.98 Å². The highest BCUT2D eigenvalue weighted by molar-refractivity contribution is 7.13. The maximum absolute atomic E-state index is 12.1. The Bertz CT molecular complexity index is 662. The number of benzene rings is 1. The molecule has 5 nitrogen and oxygen atoms in total. The molecular weight excluding hydrogens is 300 g/mol.